The third kappa shape index (κ3) is 5.28. The van der Waals surface area contributed by atoms with E-state index in [4.69, 9.17) is 5.73 Å². The van der Waals surface area contributed by atoms with Crippen molar-refractivity contribution >= 4 is 11.8 Å². The molecule has 7 atom stereocenters. The lowest BCUT2D eigenvalue weighted by molar-refractivity contribution is -0.141. The Bertz CT molecular complexity index is 911. The summed E-state index contributed by atoms with van der Waals surface area (Å²) >= 11 is 0. The van der Waals surface area contributed by atoms with Crippen LogP contribution in [0, 0.1) is 17.8 Å². The molecule has 0 radical (unpaired) electrons. The summed E-state index contributed by atoms with van der Waals surface area (Å²) in [6, 6.07) is -0.890. The largest absolute Gasteiger partial charge is 0.350 e. The summed E-state index contributed by atoms with van der Waals surface area (Å²) < 4.78 is 30.1. The number of nitrogens with one attached hydrogen (secondary N) is 4. The summed E-state index contributed by atoms with van der Waals surface area (Å²) in [6.45, 7) is 4.09. The molecule has 40 heavy (non-hydrogen) atoms. The molecule has 2 amide bonds. The highest BCUT2D eigenvalue weighted by Gasteiger charge is 2.62. The standard InChI is InChI=1S/C28H48F2N8O2/c29-20-14-33-28(19-6-3-1-2-4-7-19)23(25(31)35-38(28)17-20)26(39)34-22-16-32-15-21(30)24(22)36-12-8-18(9-13-36)27(40)37-10-5-11-37/h18-25,32-33,35H,1-17,31H2,(H,34,39). The summed E-state index contributed by atoms with van der Waals surface area (Å²) in [5.41, 5.74) is 9.07. The average Bonchev–Trinajstić information content (AvgIpc) is 3.04. The maximum Gasteiger partial charge on any atom is 0.229 e. The van der Waals surface area contributed by atoms with Crippen molar-refractivity contribution < 1.29 is 18.4 Å². The van der Waals surface area contributed by atoms with E-state index < -0.39 is 42.2 Å². The Labute approximate surface area is 236 Å². The van der Waals surface area contributed by atoms with E-state index in [9.17, 15) is 14.0 Å². The Morgan fingerprint density at radius 2 is 1.62 bits per heavy atom. The second-order valence-corrected chi connectivity index (χ2v) is 13.0. The van der Waals surface area contributed by atoms with Gasteiger partial charge in [0.15, 0.2) is 0 Å². The highest BCUT2D eigenvalue weighted by molar-refractivity contribution is 5.82. The molecule has 12 heteroatoms. The number of carbonyl (C=O) groups is 2. The van der Waals surface area contributed by atoms with Gasteiger partial charge in [-0.1, -0.05) is 25.7 Å². The number of likely N-dealkylation sites (tertiary alicyclic amines) is 2. The summed E-state index contributed by atoms with van der Waals surface area (Å²) in [7, 11) is 0. The number of halogens is 2. The van der Waals surface area contributed by atoms with Crippen molar-refractivity contribution in [3.8, 4) is 0 Å². The first kappa shape index (κ1) is 28.7. The van der Waals surface area contributed by atoms with Crippen molar-refractivity contribution in [2.24, 2.45) is 23.5 Å². The van der Waals surface area contributed by atoms with Crippen LogP contribution in [0.25, 0.3) is 0 Å². The number of nitrogens with zero attached hydrogens (tertiary/aromatic N) is 3. The Morgan fingerprint density at radius 1 is 0.900 bits per heavy atom. The van der Waals surface area contributed by atoms with Crippen LogP contribution in [-0.2, 0) is 9.59 Å². The summed E-state index contributed by atoms with van der Waals surface area (Å²) in [5.74, 6) is -0.427. The lowest BCUT2D eigenvalue weighted by Gasteiger charge is -2.51. The molecule has 6 aliphatic rings. The Morgan fingerprint density at radius 3 is 2.30 bits per heavy atom. The molecule has 0 aromatic carbocycles. The first-order valence-electron chi connectivity index (χ1n) is 15.7. The molecule has 6 fully saturated rings. The lowest BCUT2D eigenvalue weighted by Crippen LogP contribution is -2.73. The maximum atomic E-state index is 15.5. The van der Waals surface area contributed by atoms with Crippen molar-refractivity contribution in [3.63, 3.8) is 0 Å². The lowest BCUT2D eigenvalue weighted by atomic mass is 9.75. The van der Waals surface area contributed by atoms with Gasteiger partial charge >= 0.3 is 0 Å². The van der Waals surface area contributed by atoms with Gasteiger partial charge in [-0.15, -0.1) is 0 Å². The zero-order valence-corrected chi connectivity index (χ0v) is 23.6. The fourth-order valence-electron chi connectivity index (χ4n) is 8.45. The first-order chi connectivity index (χ1) is 19.4. The van der Waals surface area contributed by atoms with Gasteiger partial charge in [0, 0.05) is 45.2 Å². The van der Waals surface area contributed by atoms with Gasteiger partial charge < -0.3 is 21.3 Å². The Hall–Kier alpha value is -1.44. The zero-order chi connectivity index (χ0) is 27.9. The van der Waals surface area contributed by atoms with Crippen LogP contribution in [-0.4, -0.2) is 115 Å². The smallest absolute Gasteiger partial charge is 0.229 e. The van der Waals surface area contributed by atoms with Gasteiger partial charge in [-0.25, -0.2) is 19.2 Å². The number of amides is 2. The van der Waals surface area contributed by atoms with E-state index in [-0.39, 0.29) is 43.3 Å². The van der Waals surface area contributed by atoms with Gasteiger partial charge in [0.05, 0.1) is 18.2 Å². The van der Waals surface area contributed by atoms with Crippen LogP contribution in [0.5, 0.6) is 0 Å². The SMILES string of the molecule is NC1NN2CC(F)CNC2(C2CCCCCC2)C1C(=O)NC1CNCC(F)C1N1CCC(C(=O)N2CCC2)CC1. The monoisotopic (exact) mass is 566 g/mol. The van der Waals surface area contributed by atoms with E-state index in [1.807, 2.05) is 9.91 Å². The third-order valence-corrected chi connectivity index (χ3v) is 10.6. The number of piperidine rings is 2. The van der Waals surface area contributed by atoms with Crippen LogP contribution in [0.1, 0.15) is 57.8 Å². The van der Waals surface area contributed by atoms with E-state index in [1.54, 1.807) is 0 Å². The number of alkyl halides is 2. The van der Waals surface area contributed by atoms with Crippen molar-refractivity contribution in [1.29, 1.82) is 0 Å². The maximum absolute atomic E-state index is 15.5. The molecule has 0 spiro atoms. The minimum Gasteiger partial charge on any atom is -0.350 e. The molecule has 5 aliphatic heterocycles. The van der Waals surface area contributed by atoms with Crippen molar-refractivity contribution in [2.75, 3.05) is 52.4 Å². The molecule has 1 aliphatic carbocycles. The molecule has 0 aromatic rings. The van der Waals surface area contributed by atoms with Crippen LogP contribution in [0.15, 0.2) is 0 Å². The van der Waals surface area contributed by atoms with E-state index in [2.05, 4.69) is 26.3 Å². The normalized spacial score (nSPS) is 40.7. The van der Waals surface area contributed by atoms with Crippen molar-refractivity contribution in [1.82, 2.24) is 36.2 Å². The van der Waals surface area contributed by atoms with Crippen LogP contribution >= 0.6 is 0 Å². The molecule has 6 rings (SSSR count). The van der Waals surface area contributed by atoms with Crippen LogP contribution in [0.4, 0.5) is 8.78 Å². The van der Waals surface area contributed by atoms with Gasteiger partial charge in [-0.3, -0.25) is 19.8 Å². The number of nitrogens with two attached hydrogens (primary N) is 1. The summed E-state index contributed by atoms with van der Waals surface area (Å²) in [4.78, 5) is 31.0. The molecule has 0 aromatic heterocycles. The number of hydrogen-bond donors (Lipinski definition) is 5. The predicted octanol–water partition coefficient (Wildman–Crippen LogP) is 0.0546. The molecule has 5 heterocycles. The zero-order valence-electron chi connectivity index (χ0n) is 23.6. The van der Waals surface area contributed by atoms with Crippen molar-refractivity contribution in [2.45, 2.75) is 94.0 Å². The van der Waals surface area contributed by atoms with Gasteiger partial charge in [0.2, 0.25) is 11.8 Å². The van der Waals surface area contributed by atoms with E-state index in [0.717, 1.165) is 58.0 Å². The second-order valence-electron chi connectivity index (χ2n) is 13.0. The molecular formula is C28H48F2N8O2. The number of fused-ring (bicyclic) bond motifs is 1. The molecule has 5 saturated heterocycles. The van der Waals surface area contributed by atoms with E-state index in [0.29, 0.717) is 19.6 Å². The van der Waals surface area contributed by atoms with Gasteiger partial charge in [-0.2, -0.15) is 0 Å². The molecule has 0 bridgehead atoms. The van der Waals surface area contributed by atoms with Crippen LogP contribution in [0.2, 0.25) is 0 Å². The number of hydrazine groups is 1. The summed E-state index contributed by atoms with van der Waals surface area (Å²) in [5, 5.41) is 11.7. The third-order valence-electron chi connectivity index (χ3n) is 10.6. The highest BCUT2D eigenvalue weighted by atomic mass is 19.1. The molecule has 10 nitrogen and oxygen atoms in total. The minimum atomic E-state index is -1.13. The fraction of sp³-hybridized carbons (Fsp3) is 0.929. The second kappa shape index (κ2) is 12.0. The van der Waals surface area contributed by atoms with Crippen molar-refractivity contribution in [3.05, 3.63) is 0 Å². The summed E-state index contributed by atoms with van der Waals surface area (Å²) in [6.07, 6.45) is 6.10. The number of rotatable bonds is 5. The number of carbonyl (C=O) groups excluding carboxylic acids is 2. The van der Waals surface area contributed by atoms with Crippen LogP contribution < -0.4 is 27.1 Å². The number of hydrogen-bond acceptors (Lipinski definition) is 8. The molecule has 6 N–H and O–H groups in total. The topological polar surface area (TPSA) is 118 Å². The Kier molecular flexibility index (Phi) is 8.63. The predicted molar refractivity (Wildman–Crippen MR) is 147 cm³/mol. The molecular weight excluding hydrogens is 518 g/mol. The molecule has 1 saturated carbocycles. The fourth-order valence-corrected chi connectivity index (χ4v) is 8.45. The highest BCUT2D eigenvalue weighted by Crippen LogP contribution is 2.44. The first-order valence-corrected chi connectivity index (χ1v) is 15.7. The molecule has 7 unspecified atom stereocenters. The molecule has 226 valence electrons. The average molecular weight is 567 g/mol. The van der Waals surface area contributed by atoms with E-state index >= 15 is 4.39 Å². The van der Waals surface area contributed by atoms with Gasteiger partial charge in [0.25, 0.3) is 0 Å². The quantitative estimate of drug-likeness (QED) is 0.297. The van der Waals surface area contributed by atoms with Gasteiger partial charge in [0.1, 0.15) is 23.9 Å². The van der Waals surface area contributed by atoms with Crippen LogP contribution in [0.3, 0.4) is 0 Å². The Balaban J connectivity index is 1.17. The van der Waals surface area contributed by atoms with Gasteiger partial charge in [-0.05, 0) is 51.1 Å². The van der Waals surface area contributed by atoms with E-state index in [1.165, 1.54) is 12.8 Å². The minimum absolute atomic E-state index is 0.00838.